The summed E-state index contributed by atoms with van der Waals surface area (Å²) in [5.74, 6) is 1.22. The van der Waals surface area contributed by atoms with Crippen LogP contribution in [-0.4, -0.2) is 40.6 Å². The van der Waals surface area contributed by atoms with Gasteiger partial charge in [-0.05, 0) is 12.1 Å². The average Bonchev–Trinajstić information content (AvgIpc) is 2.34. The molecule has 1 rings (SSSR count). The first kappa shape index (κ1) is 13.6. The molecular formula is C12H19NO4. The van der Waals surface area contributed by atoms with Crippen LogP contribution in [0.3, 0.4) is 0 Å². The maximum Gasteiger partial charge on any atom is 0.146 e. The zero-order chi connectivity index (χ0) is 12.5. The number of ether oxygens (including phenoxy) is 4. The van der Waals surface area contributed by atoms with Crippen LogP contribution < -0.4 is 15.2 Å². The Morgan fingerprint density at radius 1 is 0.882 bits per heavy atom. The summed E-state index contributed by atoms with van der Waals surface area (Å²) in [6.45, 7) is 1.97. The summed E-state index contributed by atoms with van der Waals surface area (Å²) in [4.78, 5) is 0. The minimum absolute atomic E-state index is 0.461. The lowest BCUT2D eigenvalue weighted by atomic mass is 10.3. The Kier molecular flexibility index (Phi) is 6.21. The maximum absolute atomic E-state index is 5.92. The molecule has 0 aliphatic carbocycles. The molecule has 5 heteroatoms. The van der Waals surface area contributed by atoms with E-state index in [-0.39, 0.29) is 0 Å². The van der Waals surface area contributed by atoms with Crippen molar-refractivity contribution in [1.82, 2.24) is 0 Å². The van der Waals surface area contributed by atoms with Crippen LogP contribution in [0.4, 0.5) is 5.69 Å². The van der Waals surface area contributed by atoms with Gasteiger partial charge < -0.3 is 24.7 Å². The fourth-order valence-corrected chi connectivity index (χ4v) is 1.25. The monoisotopic (exact) mass is 241 g/mol. The fourth-order valence-electron chi connectivity index (χ4n) is 1.25. The number of rotatable bonds is 8. The zero-order valence-electron chi connectivity index (χ0n) is 10.3. The van der Waals surface area contributed by atoms with Crippen molar-refractivity contribution in [3.63, 3.8) is 0 Å². The number of hydrogen-bond acceptors (Lipinski definition) is 5. The molecule has 0 spiro atoms. The Hall–Kier alpha value is -1.46. The Bertz CT molecular complexity index is 302. The largest absolute Gasteiger partial charge is 0.489 e. The van der Waals surface area contributed by atoms with Crippen molar-refractivity contribution in [1.29, 1.82) is 0 Å². The Morgan fingerprint density at radius 2 is 1.35 bits per heavy atom. The number of hydrogen-bond donors (Lipinski definition) is 1. The highest BCUT2D eigenvalue weighted by Crippen LogP contribution is 2.31. The van der Waals surface area contributed by atoms with Crippen LogP contribution in [0.2, 0.25) is 0 Å². The molecule has 0 saturated carbocycles. The second kappa shape index (κ2) is 7.76. The molecular weight excluding hydrogens is 222 g/mol. The van der Waals surface area contributed by atoms with Crippen LogP contribution in [0.25, 0.3) is 0 Å². The molecule has 0 aromatic heterocycles. The molecule has 0 heterocycles. The van der Waals surface area contributed by atoms with E-state index in [2.05, 4.69) is 0 Å². The zero-order valence-corrected chi connectivity index (χ0v) is 10.3. The normalized spacial score (nSPS) is 10.2. The summed E-state index contributed by atoms with van der Waals surface area (Å²) >= 11 is 0. The van der Waals surface area contributed by atoms with E-state index < -0.39 is 0 Å². The van der Waals surface area contributed by atoms with Gasteiger partial charge in [0.2, 0.25) is 0 Å². The predicted molar refractivity (Wildman–Crippen MR) is 65.6 cm³/mol. The van der Waals surface area contributed by atoms with Gasteiger partial charge in [0.05, 0.1) is 13.2 Å². The molecule has 0 atom stereocenters. The number of anilines is 1. The number of para-hydroxylation sites is 1. The van der Waals surface area contributed by atoms with E-state index in [4.69, 9.17) is 24.7 Å². The number of nitrogen functional groups attached to an aromatic ring is 1. The van der Waals surface area contributed by atoms with Crippen molar-refractivity contribution in [2.24, 2.45) is 0 Å². The first-order valence-electron chi connectivity index (χ1n) is 5.41. The van der Waals surface area contributed by atoms with E-state index >= 15 is 0 Å². The topological polar surface area (TPSA) is 62.9 Å². The molecule has 5 nitrogen and oxygen atoms in total. The molecule has 0 amide bonds. The average molecular weight is 241 g/mol. The predicted octanol–water partition coefficient (Wildman–Crippen LogP) is 1.32. The molecule has 0 radical (unpaired) electrons. The lowest BCUT2D eigenvalue weighted by Gasteiger charge is -2.12. The highest BCUT2D eigenvalue weighted by atomic mass is 16.5. The third-order valence-electron chi connectivity index (χ3n) is 2.12. The van der Waals surface area contributed by atoms with Gasteiger partial charge in [-0.2, -0.15) is 0 Å². The highest BCUT2D eigenvalue weighted by Gasteiger charge is 2.06. The summed E-state index contributed by atoms with van der Waals surface area (Å²) in [6, 6.07) is 5.43. The summed E-state index contributed by atoms with van der Waals surface area (Å²) in [5, 5.41) is 0. The molecule has 17 heavy (non-hydrogen) atoms. The van der Waals surface area contributed by atoms with E-state index in [1.807, 2.05) is 6.07 Å². The summed E-state index contributed by atoms with van der Waals surface area (Å²) in [5.41, 5.74) is 6.42. The van der Waals surface area contributed by atoms with E-state index in [1.54, 1.807) is 26.4 Å². The minimum Gasteiger partial charge on any atom is -0.489 e. The van der Waals surface area contributed by atoms with Crippen molar-refractivity contribution in [3.8, 4) is 11.5 Å². The molecule has 0 unspecified atom stereocenters. The molecule has 0 fully saturated rings. The first-order chi connectivity index (χ1) is 8.29. The van der Waals surface area contributed by atoms with E-state index in [9.17, 15) is 0 Å². The third-order valence-corrected chi connectivity index (χ3v) is 2.12. The molecule has 1 aromatic carbocycles. The SMILES string of the molecule is COCCOc1cccc(OCCOC)c1N. The van der Waals surface area contributed by atoms with Gasteiger partial charge in [-0.1, -0.05) is 6.07 Å². The van der Waals surface area contributed by atoms with Gasteiger partial charge in [0, 0.05) is 14.2 Å². The van der Waals surface area contributed by atoms with Crippen molar-refractivity contribution in [2.75, 3.05) is 46.4 Å². The van der Waals surface area contributed by atoms with Gasteiger partial charge in [0.1, 0.15) is 30.4 Å². The standard InChI is InChI=1S/C12H19NO4/c1-14-6-8-16-10-4-3-5-11(12(10)13)17-9-7-15-2/h3-5H,6-9,13H2,1-2H3. The second-order valence-electron chi connectivity index (χ2n) is 3.35. The number of benzene rings is 1. The first-order valence-corrected chi connectivity index (χ1v) is 5.41. The lowest BCUT2D eigenvalue weighted by Crippen LogP contribution is -2.08. The van der Waals surface area contributed by atoms with Crippen LogP contribution in [-0.2, 0) is 9.47 Å². The number of methoxy groups -OCH3 is 2. The van der Waals surface area contributed by atoms with Crippen LogP contribution >= 0.6 is 0 Å². The molecule has 1 aromatic rings. The summed E-state index contributed by atoms with van der Waals surface area (Å²) in [7, 11) is 3.24. The molecule has 0 bridgehead atoms. The van der Waals surface area contributed by atoms with Gasteiger partial charge in [-0.3, -0.25) is 0 Å². The van der Waals surface area contributed by atoms with Crippen LogP contribution in [0.15, 0.2) is 18.2 Å². The Labute approximate surface area is 101 Å². The second-order valence-corrected chi connectivity index (χ2v) is 3.35. The molecule has 96 valence electrons. The van der Waals surface area contributed by atoms with Crippen molar-refractivity contribution in [3.05, 3.63) is 18.2 Å². The Morgan fingerprint density at radius 3 is 1.76 bits per heavy atom. The van der Waals surface area contributed by atoms with Crippen molar-refractivity contribution < 1.29 is 18.9 Å². The van der Waals surface area contributed by atoms with E-state index in [1.165, 1.54) is 0 Å². The van der Waals surface area contributed by atoms with Crippen LogP contribution in [0.5, 0.6) is 11.5 Å². The third kappa shape index (κ3) is 4.50. The van der Waals surface area contributed by atoms with Crippen molar-refractivity contribution in [2.45, 2.75) is 0 Å². The quantitative estimate of drug-likeness (QED) is 0.549. The summed E-state index contributed by atoms with van der Waals surface area (Å²) < 4.78 is 20.7. The molecule has 0 aliphatic rings. The van der Waals surface area contributed by atoms with Gasteiger partial charge in [0.25, 0.3) is 0 Å². The molecule has 0 aliphatic heterocycles. The van der Waals surface area contributed by atoms with Gasteiger partial charge >= 0.3 is 0 Å². The molecule has 0 saturated heterocycles. The van der Waals surface area contributed by atoms with Crippen LogP contribution in [0, 0.1) is 0 Å². The minimum atomic E-state index is 0.461. The van der Waals surface area contributed by atoms with E-state index in [0.29, 0.717) is 43.6 Å². The fraction of sp³-hybridized carbons (Fsp3) is 0.500. The van der Waals surface area contributed by atoms with Crippen LogP contribution in [0.1, 0.15) is 0 Å². The van der Waals surface area contributed by atoms with Gasteiger partial charge in [-0.25, -0.2) is 0 Å². The smallest absolute Gasteiger partial charge is 0.146 e. The van der Waals surface area contributed by atoms with E-state index in [0.717, 1.165) is 0 Å². The number of nitrogens with two attached hydrogens (primary N) is 1. The summed E-state index contributed by atoms with van der Waals surface area (Å²) in [6.07, 6.45) is 0. The Balaban J connectivity index is 2.56. The highest BCUT2D eigenvalue weighted by molar-refractivity contribution is 5.62. The van der Waals surface area contributed by atoms with Crippen molar-refractivity contribution >= 4 is 5.69 Å². The molecule has 2 N–H and O–H groups in total. The van der Waals surface area contributed by atoms with Gasteiger partial charge in [0.15, 0.2) is 0 Å². The maximum atomic E-state index is 5.92. The van der Waals surface area contributed by atoms with Gasteiger partial charge in [-0.15, -0.1) is 0 Å². The lowest BCUT2D eigenvalue weighted by molar-refractivity contribution is 0.143.